The Morgan fingerprint density at radius 2 is 1.97 bits per heavy atom. The van der Waals surface area contributed by atoms with Crippen LogP contribution in [0.2, 0.25) is 0 Å². The lowest BCUT2D eigenvalue weighted by atomic mass is 10.1. The maximum absolute atomic E-state index is 12.6. The zero-order valence-corrected chi connectivity index (χ0v) is 16.2. The third-order valence-electron chi connectivity index (χ3n) is 4.76. The number of rotatable bonds is 8. The molecule has 4 rings (SSSR count). The summed E-state index contributed by atoms with van der Waals surface area (Å²) in [7, 11) is 0. The van der Waals surface area contributed by atoms with Gasteiger partial charge in [-0.1, -0.05) is 5.21 Å². The van der Waals surface area contributed by atoms with Crippen molar-refractivity contribution < 1.29 is 9.59 Å². The first-order valence-electron chi connectivity index (χ1n) is 9.78. The molecule has 1 aliphatic carbocycles. The van der Waals surface area contributed by atoms with Gasteiger partial charge >= 0.3 is 0 Å². The van der Waals surface area contributed by atoms with Crippen molar-refractivity contribution in [3.05, 3.63) is 59.4 Å². The van der Waals surface area contributed by atoms with Gasteiger partial charge in [0.25, 0.3) is 11.8 Å². The minimum atomic E-state index is -0.202. The fourth-order valence-corrected chi connectivity index (χ4v) is 3.08. The van der Waals surface area contributed by atoms with Crippen molar-refractivity contribution in [3.8, 4) is 5.69 Å². The molecule has 2 heterocycles. The van der Waals surface area contributed by atoms with Crippen molar-refractivity contribution >= 4 is 11.8 Å². The number of hydrogen-bond acceptors (Lipinski definition) is 5. The summed E-state index contributed by atoms with van der Waals surface area (Å²) in [6, 6.07) is 7.32. The van der Waals surface area contributed by atoms with E-state index in [-0.39, 0.29) is 17.9 Å². The molecule has 29 heavy (non-hydrogen) atoms. The molecule has 0 radical (unpaired) electrons. The van der Waals surface area contributed by atoms with Crippen LogP contribution in [0, 0.1) is 0 Å². The van der Waals surface area contributed by atoms with Gasteiger partial charge in [0.15, 0.2) is 5.69 Å². The van der Waals surface area contributed by atoms with Crippen LogP contribution in [0.4, 0.5) is 0 Å². The van der Waals surface area contributed by atoms with E-state index < -0.39 is 0 Å². The highest BCUT2D eigenvalue weighted by atomic mass is 16.2. The second-order valence-electron chi connectivity index (χ2n) is 6.99. The number of aryl methyl sites for hydroxylation is 1. The largest absolute Gasteiger partial charge is 0.352 e. The monoisotopic (exact) mass is 393 g/mol. The molecule has 9 nitrogen and oxygen atoms in total. The minimum Gasteiger partial charge on any atom is -0.352 e. The average molecular weight is 393 g/mol. The van der Waals surface area contributed by atoms with E-state index in [0.717, 1.165) is 24.4 Å². The van der Waals surface area contributed by atoms with E-state index in [1.807, 2.05) is 6.92 Å². The van der Waals surface area contributed by atoms with Crippen molar-refractivity contribution in [1.29, 1.82) is 0 Å². The summed E-state index contributed by atoms with van der Waals surface area (Å²) in [5.74, 6) is 0.505. The molecule has 3 N–H and O–H groups in total. The van der Waals surface area contributed by atoms with E-state index in [4.69, 9.17) is 0 Å². The van der Waals surface area contributed by atoms with Gasteiger partial charge in [-0.2, -0.15) is 0 Å². The average Bonchev–Trinajstić information content (AvgIpc) is 3.21. The first kappa shape index (κ1) is 18.9. The van der Waals surface area contributed by atoms with Crippen molar-refractivity contribution in [2.75, 3.05) is 6.54 Å². The van der Waals surface area contributed by atoms with Gasteiger partial charge in [-0.15, -0.1) is 5.10 Å². The molecular formula is C20H23N7O2. The number of imidazole rings is 1. The summed E-state index contributed by atoms with van der Waals surface area (Å²) >= 11 is 0. The second kappa shape index (κ2) is 8.26. The third-order valence-corrected chi connectivity index (χ3v) is 4.76. The first-order chi connectivity index (χ1) is 14.2. The van der Waals surface area contributed by atoms with Crippen LogP contribution in [0.3, 0.4) is 0 Å². The van der Waals surface area contributed by atoms with Gasteiger partial charge in [0.05, 0.1) is 11.4 Å². The second-order valence-corrected chi connectivity index (χ2v) is 6.99. The number of aromatic nitrogens is 5. The Hall–Kier alpha value is -3.49. The van der Waals surface area contributed by atoms with Crippen molar-refractivity contribution in [3.63, 3.8) is 0 Å². The molecule has 2 amide bonds. The molecule has 150 valence electrons. The quantitative estimate of drug-likeness (QED) is 0.535. The lowest BCUT2D eigenvalue weighted by Gasteiger charge is -2.09. The van der Waals surface area contributed by atoms with Gasteiger partial charge in [-0.3, -0.25) is 9.59 Å². The molecule has 1 aliphatic rings. The Bertz CT molecular complexity index is 989. The number of carbonyl (C=O) groups excluding carboxylic acids is 2. The molecule has 1 fully saturated rings. The van der Waals surface area contributed by atoms with Crippen molar-refractivity contribution in [2.24, 2.45) is 0 Å². The maximum atomic E-state index is 12.6. The number of aromatic amines is 1. The summed E-state index contributed by atoms with van der Waals surface area (Å²) in [4.78, 5) is 31.9. The number of hydrogen-bond donors (Lipinski definition) is 3. The Morgan fingerprint density at radius 3 is 2.62 bits per heavy atom. The molecular weight excluding hydrogens is 370 g/mol. The van der Waals surface area contributed by atoms with Crippen LogP contribution in [-0.4, -0.2) is 49.4 Å². The van der Waals surface area contributed by atoms with E-state index in [2.05, 4.69) is 30.9 Å². The summed E-state index contributed by atoms with van der Waals surface area (Å²) in [6.07, 6.45) is 6.65. The molecule has 9 heteroatoms. The lowest BCUT2D eigenvalue weighted by Crippen LogP contribution is -2.27. The van der Waals surface area contributed by atoms with Crippen LogP contribution in [0.25, 0.3) is 5.69 Å². The number of amides is 2. The van der Waals surface area contributed by atoms with Crippen LogP contribution >= 0.6 is 0 Å². The van der Waals surface area contributed by atoms with E-state index in [1.165, 1.54) is 0 Å². The van der Waals surface area contributed by atoms with Gasteiger partial charge in [-0.25, -0.2) is 9.67 Å². The highest BCUT2D eigenvalue weighted by molar-refractivity contribution is 5.94. The van der Waals surface area contributed by atoms with Gasteiger partial charge in [0, 0.05) is 37.0 Å². The SMILES string of the molecule is CCNC(=O)c1ccc(-n2nnc(C(=O)NC3CC3)c2CCc2ncc[nH]2)cc1. The Morgan fingerprint density at radius 1 is 1.17 bits per heavy atom. The molecule has 0 unspecified atom stereocenters. The highest BCUT2D eigenvalue weighted by Crippen LogP contribution is 2.21. The standard InChI is InChI=1S/C20H23N7O2/c1-2-21-19(28)13-3-7-15(8-4-13)27-16(9-10-17-22-11-12-23-17)18(25-26-27)20(29)24-14-5-6-14/h3-4,7-8,11-12,14H,2,5-6,9-10H2,1H3,(H,21,28)(H,22,23)(H,24,29). The lowest BCUT2D eigenvalue weighted by molar-refractivity contribution is 0.0940. The van der Waals surface area contributed by atoms with Crippen LogP contribution in [0.5, 0.6) is 0 Å². The molecule has 0 saturated heterocycles. The van der Waals surface area contributed by atoms with E-state index in [0.29, 0.717) is 36.3 Å². The summed E-state index contributed by atoms with van der Waals surface area (Å²) in [6.45, 7) is 2.45. The molecule has 0 atom stereocenters. The smallest absolute Gasteiger partial charge is 0.273 e. The van der Waals surface area contributed by atoms with Crippen LogP contribution in [-0.2, 0) is 12.8 Å². The molecule has 0 aliphatic heterocycles. The van der Waals surface area contributed by atoms with E-state index in [9.17, 15) is 9.59 Å². The summed E-state index contributed by atoms with van der Waals surface area (Å²) in [5, 5.41) is 14.1. The fraction of sp³-hybridized carbons (Fsp3) is 0.350. The van der Waals surface area contributed by atoms with Gasteiger partial charge in [0.2, 0.25) is 0 Å². The molecule has 3 aromatic rings. The molecule has 0 bridgehead atoms. The number of nitrogens with one attached hydrogen (secondary N) is 3. The van der Waals surface area contributed by atoms with Crippen molar-refractivity contribution in [1.82, 2.24) is 35.6 Å². The Kier molecular flexibility index (Phi) is 5.37. The third kappa shape index (κ3) is 4.34. The number of carbonyl (C=O) groups is 2. The van der Waals surface area contributed by atoms with Crippen LogP contribution in [0.15, 0.2) is 36.7 Å². The van der Waals surface area contributed by atoms with Crippen LogP contribution in [0.1, 0.15) is 52.1 Å². The van der Waals surface area contributed by atoms with Crippen LogP contribution < -0.4 is 10.6 Å². The van der Waals surface area contributed by atoms with E-state index in [1.54, 1.807) is 41.3 Å². The molecule has 2 aromatic heterocycles. The molecule has 0 spiro atoms. The van der Waals surface area contributed by atoms with Crippen molar-refractivity contribution in [2.45, 2.75) is 38.6 Å². The normalized spacial score (nSPS) is 13.3. The van der Waals surface area contributed by atoms with Gasteiger partial charge in [0.1, 0.15) is 5.82 Å². The predicted molar refractivity (Wildman–Crippen MR) is 106 cm³/mol. The highest BCUT2D eigenvalue weighted by Gasteiger charge is 2.27. The molecule has 1 aromatic carbocycles. The topological polar surface area (TPSA) is 118 Å². The Labute approximate surface area is 167 Å². The summed E-state index contributed by atoms with van der Waals surface area (Å²) in [5.41, 5.74) is 2.35. The first-order valence-corrected chi connectivity index (χ1v) is 9.78. The summed E-state index contributed by atoms with van der Waals surface area (Å²) < 4.78 is 1.66. The van der Waals surface area contributed by atoms with Gasteiger partial charge < -0.3 is 15.6 Å². The predicted octanol–water partition coefficient (Wildman–Crippen LogP) is 1.42. The maximum Gasteiger partial charge on any atom is 0.273 e. The zero-order chi connectivity index (χ0) is 20.2. The Balaban J connectivity index is 1.61. The van der Waals surface area contributed by atoms with E-state index >= 15 is 0 Å². The number of nitrogens with zero attached hydrogens (tertiary/aromatic N) is 4. The number of H-pyrrole nitrogens is 1. The number of benzene rings is 1. The molecule has 1 saturated carbocycles. The van der Waals surface area contributed by atoms with Gasteiger partial charge in [-0.05, 0) is 50.5 Å². The minimum absolute atomic E-state index is 0.125. The fourth-order valence-electron chi connectivity index (χ4n) is 3.08. The zero-order valence-electron chi connectivity index (χ0n) is 16.2.